The Morgan fingerprint density at radius 2 is 1.89 bits per heavy atom. The van der Waals surface area contributed by atoms with Gasteiger partial charge in [-0.3, -0.25) is 5.10 Å². The molecule has 3 nitrogen and oxygen atoms in total. The minimum absolute atomic E-state index is 0.562. The van der Waals surface area contributed by atoms with E-state index in [1.807, 2.05) is 6.07 Å². The molecule has 1 aromatic carbocycles. The molecule has 100 valence electrons. The molecule has 0 amide bonds. The predicted molar refractivity (Wildman–Crippen MR) is 78.0 cm³/mol. The first kappa shape index (κ1) is 12.4. The first-order valence-electron chi connectivity index (χ1n) is 7.16. The highest BCUT2D eigenvalue weighted by Crippen LogP contribution is 2.31. The van der Waals surface area contributed by atoms with Crippen molar-refractivity contribution in [2.24, 2.45) is 5.92 Å². The van der Waals surface area contributed by atoms with Gasteiger partial charge in [-0.25, -0.2) is 0 Å². The second-order valence-electron chi connectivity index (χ2n) is 5.45. The van der Waals surface area contributed by atoms with Gasteiger partial charge in [0.2, 0.25) is 0 Å². The van der Waals surface area contributed by atoms with Crippen molar-refractivity contribution in [3.05, 3.63) is 42.1 Å². The van der Waals surface area contributed by atoms with Crippen molar-refractivity contribution < 1.29 is 0 Å². The third-order valence-electron chi connectivity index (χ3n) is 4.25. The Hall–Kier alpha value is -1.61. The number of nitrogens with zero attached hydrogens (tertiary/aromatic N) is 1. The molecule has 1 unspecified atom stereocenters. The average Bonchev–Trinajstić information content (AvgIpc) is 2.98. The molecule has 1 aliphatic rings. The van der Waals surface area contributed by atoms with Gasteiger partial charge in [0.15, 0.2) is 0 Å². The van der Waals surface area contributed by atoms with E-state index in [1.165, 1.54) is 24.1 Å². The monoisotopic (exact) mass is 255 g/mol. The van der Waals surface area contributed by atoms with Gasteiger partial charge in [-0.05, 0) is 37.9 Å². The van der Waals surface area contributed by atoms with Crippen LogP contribution in [0.4, 0.5) is 0 Å². The molecule has 0 radical (unpaired) electrons. The Bertz CT molecular complexity index is 512. The van der Waals surface area contributed by atoms with E-state index < -0.39 is 0 Å². The summed E-state index contributed by atoms with van der Waals surface area (Å²) in [6, 6.07) is 12.6. The summed E-state index contributed by atoms with van der Waals surface area (Å²) in [6.07, 6.45) is 2.53. The van der Waals surface area contributed by atoms with E-state index in [1.54, 1.807) is 0 Å². The van der Waals surface area contributed by atoms with Gasteiger partial charge < -0.3 is 5.32 Å². The Kier molecular flexibility index (Phi) is 3.65. The summed E-state index contributed by atoms with van der Waals surface area (Å²) in [5.41, 5.74) is 3.50. The molecule has 2 N–H and O–H groups in total. The lowest BCUT2D eigenvalue weighted by molar-refractivity contribution is 0.326. The maximum Gasteiger partial charge on any atom is 0.0923 e. The van der Waals surface area contributed by atoms with Crippen molar-refractivity contribution in [2.45, 2.75) is 25.7 Å². The van der Waals surface area contributed by atoms with Crippen molar-refractivity contribution in [1.82, 2.24) is 15.5 Å². The normalized spacial score (nSPS) is 18.4. The Morgan fingerprint density at radius 3 is 2.63 bits per heavy atom. The molecule has 0 bridgehead atoms. The van der Waals surface area contributed by atoms with Crippen LogP contribution < -0.4 is 5.32 Å². The lowest BCUT2D eigenvalue weighted by Gasteiger charge is -2.27. The highest BCUT2D eigenvalue weighted by molar-refractivity contribution is 5.59. The molecule has 1 saturated heterocycles. The number of aromatic nitrogens is 2. The van der Waals surface area contributed by atoms with Crippen LogP contribution in [-0.4, -0.2) is 23.3 Å². The molecule has 3 rings (SSSR count). The van der Waals surface area contributed by atoms with Crippen molar-refractivity contribution in [3.8, 4) is 11.3 Å². The molecule has 0 saturated carbocycles. The number of hydrogen-bond donors (Lipinski definition) is 2. The fourth-order valence-corrected chi connectivity index (χ4v) is 2.92. The first-order valence-corrected chi connectivity index (χ1v) is 7.16. The number of aromatic amines is 1. The number of piperidine rings is 1. The molecule has 2 heterocycles. The minimum Gasteiger partial charge on any atom is -0.317 e. The van der Waals surface area contributed by atoms with Crippen LogP contribution in [0.2, 0.25) is 0 Å². The van der Waals surface area contributed by atoms with Crippen molar-refractivity contribution in [1.29, 1.82) is 0 Å². The molecular formula is C16H21N3. The Balaban J connectivity index is 1.77. The van der Waals surface area contributed by atoms with E-state index >= 15 is 0 Å². The van der Waals surface area contributed by atoms with E-state index in [-0.39, 0.29) is 0 Å². The Morgan fingerprint density at radius 1 is 1.16 bits per heavy atom. The third-order valence-corrected chi connectivity index (χ3v) is 4.25. The summed E-state index contributed by atoms with van der Waals surface area (Å²) < 4.78 is 0. The van der Waals surface area contributed by atoms with E-state index in [9.17, 15) is 0 Å². The lowest BCUT2D eigenvalue weighted by Crippen LogP contribution is -2.30. The maximum absolute atomic E-state index is 4.46. The van der Waals surface area contributed by atoms with Gasteiger partial charge >= 0.3 is 0 Å². The van der Waals surface area contributed by atoms with Gasteiger partial charge in [-0.1, -0.05) is 37.3 Å². The quantitative estimate of drug-likeness (QED) is 0.884. The molecule has 0 aliphatic carbocycles. The number of nitrogens with one attached hydrogen (secondary N) is 2. The van der Waals surface area contributed by atoms with Crippen molar-refractivity contribution in [2.75, 3.05) is 13.1 Å². The van der Waals surface area contributed by atoms with Gasteiger partial charge in [0.25, 0.3) is 0 Å². The zero-order chi connectivity index (χ0) is 13.1. The summed E-state index contributed by atoms with van der Waals surface area (Å²) in [4.78, 5) is 0. The highest BCUT2D eigenvalue weighted by Gasteiger charge is 2.22. The summed E-state index contributed by atoms with van der Waals surface area (Å²) in [7, 11) is 0. The van der Waals surface area contributed by atoms with E-state index in [4.69, 9.17) is 0 Å². The molecule has 1 fully saturated rings. The summed E-state index contributed by atoms with van der Waals surface area (Å²) in [5, 5.41) is 11.1. The van der Waals surface area contributed by atoms with E-state index in [0.717, 1.165) is 24.7 Å². The second kappa shape index (κ2) is 5.57. The van der Waals surface area contributed by atoms with Gasteiger partial charge in [0.05, 0.1) is 5.69 Å². The lowest BCUT2D eigenvalue weighted by atomic mass is 9.84. The standard InChI is InChI=1S/C16H21N3/c1-12(13-7-9-17-10-8-13)15-11-16(19-18-15)14-5-3-2-4-6-14/h2-6,11-13,17H,7-10H2,1H3,(H,18,19). The topological polar surface area (TPSA) is 40.7 Å². The Labute approximate surface area is 114 Å². The molecule has 3 heteroatoms. The number of H-pyrrole nitrogens is 1. The third kappa shape index (κ3) is 2.71. The average molecular weight is 255 g/mol. The summed E-state index contributed by atoms with van der Waals surface area (Å²) in [5.74, 6) is 1.33. The zero-order valence-corrected chi connectivity index (χ0v) is 11.4. The SMILES string of the molecule is CC(c1cc(-c2ccccc2)n[nH]1)C1CCNCC1. The molecule has 1 atom stereocenters. The van der Waals surface area contributed by atoms with Crippen molar-refractivity contribution in [3.63, 3.8) is 0 Å². The van der Waals surface area contributed by atoms with E-state index in [2.05, 4.69) is 52.8 Å². The second-order valence-corrected chi connectivity index (χ2v) is 5.45. The zero-order valence-electron chi connectivity index (χ0n) is 11.4. The van der Waals surface area contributed by atoms with Crippen LogP contribution in [0.25, 0.3) is 11.3 Å². The van der Waals surface area contributed by atoms with Gasteiger partial charge in [-0.2, -0.15) is 5.10 Å². The minimum atomic E-state index is 0.562. The van der Waals surface area contributed by atoms with Crippen LogP contribution in [0.1, 0.15) is 31.4 Å². The van der Waals surface area contributed by atoms with Gasteiger partial charge in [0, 0.05) is 17.2 Å². The smallest absolute Gasteiger partial charge is 0.0923 e. The van der Waals surface area contributed by atoms with Crippen LogP contribution in [0.5, 0.6) is 0 Å². The predicted octanol–water partition coefficient (Wildman–Crippen LogP) is 3.18. The fraction of sp³-hybridized carbons (Fsp3) is 0.438. The van der Waals surface area contributed by atoms with Crippen LogP contribution in [-0.2, 0) is 0 Å². The van der Waals surface area contributed by atoms with E-state index in [0.29, 0.717) is 5.92 Å². The molecule has 1 aromatic heterocycles. The number of hydrogen-bond acceptors (Lipinski definition) is 2. The maximum atomic E-state index is 4.46. The highest BCUT2D eigenvalue weighted by atomic mass is 15.1. The first-order chi connectivity index (χ1) is 9.34. The fourth-order valence-electron chi connectivity index (χ4n) is 2.92. The van der Waals surface area contributed by atoms with Crippen molar-refractivity contribution >= 4 is 0 Å². The molecular weight excluding hydrogens is 234 g/mol. The molecule has 2 aromatic rings. The summed E-state index contributed by atoms with van der Waals surface area (Å²) >= 11 is 0. The molecule has 1 aliphatic heterocycles. The molecule has 19 heavy (non-hydrogen) atoms. The van der Waals surface area contributed by atoms with Crippen LogP contribution in [0.15, 0.2) is 36.4 Å². The van der Waals surface area contributed by atoms with Crippen LogP contribution >= 0.6 is 0 Å². The number of benzene rings is 1. The van der Waals surface area contributed by atoms with Gasteiger partial charge in [-0.15, -0.1) is 0 Å². The number of rotatable bonds is 3. The molecule has 0 spiro atoms. The van der Waals surface area contributed by atoms with Gasteiger partial charge in [0.1, 0.15) is 0 Å². The summed E-state index contributed by atoms with van der Waals surface area (Å²) in [6.45, 7) is 4.61. The van der Waals surface area contributed by atoms with Crippen LogP contribution in [0, 0.1) is 5.92 Å². The largest absolute Gasteiger partial charge is 0.317 e. The van der Waals surface area contributed by atoms with Crippen LogP contribution in [0.3, 0.4) is 0 Å².